The molecule has 3 aliphatic rings. The number of rotatable bonds is 8. The molecule has 5 rings (SSSR count). The second-order valence-electron chi connectivity index (χ2n) is 12.5. The van der Waals surface area contributed by atoms with Crippen molar-refractivity contribution >= 4 is 23.8 Å². The molecule has 2 fully saturated rings. The Morgan fingerprint density at radius 1 is 1.05 bits per heavy atom. The number of methoxy groups -OCH3 is 2. The summed E-state index contributed by atoms with van der Waals surface area (Å²) in [5.74, 6) is -0.926. The second kappa shape index (κ2) is 11.5. The van der Waals surface area contributed by atoms with Crippen LogP contribution in [0.15, 0.2) is 79.4 Å². The van der Waals surface area contributed by atoms with Crippen molar-refractivity contribution in [3.8, 4) is 0 Å². The Morgan fingerprint density at radius 2 is 1.74 bits per heavy atom. The van der Waals surface area contributed by atoms with Crippen LogP contribution in [0, 0.1) is 28.6 Å². The Hall–Kier alpha value is -4.11. The summed E-state index contributed by atoms with van der Waals surface area (Å²) in [5, 5.41) is 2.91. The standard InChI is InChI=1S/C34H40N2O7/c1-7-33-21-36(31(39)40-5)27-23(20-42-29(37)32(2,3)4)24(33)17-18-34(41-6,28(27)33)25-15-11-12-16-26(25)35-30(38)43-19-22-13-9-8-10-14-22/h7-18,23-24,27-28H,1,19-21H2,2-6H3,(H,35,38)/t23-,24+,27+,28-,33-,34-/m0/s1. The lowest BCUT2D eigenvalue weighted by atomic mass is 9.61. The minimum Gasteiger partial charge on any atom is -0.465 e. The number of likely N-dealkylation sites (tertiary alicyclic amines) is 1. The van der Waals surface area contributed by atoms with Gasteiger partial charge in [-0.15, -0.1) is 6.58 Å². The Morgan fingerprint density at radius 3 is 2.40 bits per heavy atom. The van der Waals surface area contributed by atoms with E-state index in [2.05, 4.69) is 18.0 Å². The van der Waals surface area contributed by atoms with Crippen LogP contribution < -0.4 is 5.32 Å². The Balaban J connectivity index is 1.52. The van der Waals surface area contributed by atoms with Crippen LogP contribution in [0.25, 0.3) is 0 Å². The van der Waals surface area contributed by atoms with E-state index in [1.165, 1.54) is 7.11 Å². The number of carbonyl (C=O) groups excluding carboxylic acids is 3. The number of amides is 2. The van der Waals surface area contributed by atoms with Crippen LogP contribution in [0.5, 0.6) is 0 Å². The van der Waals surface area contributed by atoms with E-state index in [0.717, 1.165) is 5.56 Å². The van der Waals surface area contributed by atoms with Gasteiger partial charge in [0.1, 0.15) is 12.2 Å². The van der Waals surface area contributed by atoms with Gasteiger partial charge in [0, 0.05) is 42.5 Å². The summed E-state index contributed by atoms with van der Waals surface area (Å²) in [6.45, 7) is 10.3. The number of piperidine rings is 1. The summed E-state index contributed by atoms with van der Waals surface area (Å²) < 4.78 is 23.0. The number of benzene rings is 2. The monoisotopic (exact) mass is 588 g/mol. The molecule has 9 nitrogen and oxygen atoms in total. The fourth-order valence-corrected chi connectivity index (χ4v) is 7.31. The van der Waals surface area contributed by atoms with Gasteiger partial charge in [0.15, 0.2) is 0 Å². The van der Waals surface area contributed by atoms with Gasteiger partial charge >= 0.3 is 18.2 Å². The summed E-state index contributed by atoms with van der Waals surface area (Å²) in [6.07, 6.45) is 4.95. The van der Waals surface area contributed by atoms with Gasteiger partial charge < -0.3 is 23.8 Å². The second-order valence-corrected chi connectivity index (χ2v) is 12.5. The highest BCUT2D eigenvalue weighted by Crippen LogP contribution is 2.68. The normalized spacial score (nSPS) is 28.7. The zero-order valence-electron chi connectivity index (χ0n) is 25.4. The minimum absolute atomic E-state index is 0.0621. The quantitative estimate of drug-likeness (QED) is 0.232. The van der Waals surface area contributed by atoms with Gasteiger partial charge in [-0.2, -0.15) is 0 Å². The van der Waals surface area contributed by atoms with Crippen molar-refractivity contribution in [1.29, 1.82) is 0 Å². The first-order valence-electron chi connectivity index (χ1n) is 14.5. The van der Waals surface area contributed by atoms with Crippen LogP contribution in [-0.2, 0) is 35.9 Å². The molecule has 1 saturated carbocycles. The third-order valence-corrected chi connectivity index (χ3v) is 9.20. The van der Waals surface area contributed by atoms with Gasteiger partial charge in [0.2, 0.25) is 0 Å². The molecule has 228 valence electrons. The summed E-state index contributed by atoms with van der Waals surface area (Å²) >= 11 is 0. The van der Waals surface area contributed by atoms with E-state index in [1.807, 2.05) is 81.5 Å². The highest BCUT2D eigenvalue weighted by molar-refractivity contribution is 5.86. The lowest BCUT2D eigenvalue weighted by molar-refractivity contribution is -0.155. The van der Waals surface area contributed by atoms with Gasteiger partial charge in [-0.1, -0.05) is 66.8 Å². The van der Waals surface area contributed by atoms with E-state index in [4.69, 9.17) is 18.9 Å². The topological polar surface area (TPSA) is 103 Å². The number of allylic oxidation sites excluding steroid dienone is 1. The molecule has 1 heterocycles. The lowest BCUT2D eigenvalue weighted by Gasteiger charge is -2.47. The summed E-state index contributed by atoms with van der Waals surface area (Å²) in [4.78, 5) is 40.6. The van der Waals surface area contributed by atoms with Gasteiger partial charge in [-0.25, -0.2) is 9.59 Å². The molecule has 0 unspecified atom stereocenters. The van der Waals surface area contributed by atoms with Crippen molar-refractivity contribution in [3.05, 3.63) is 90.5 Å². The number of hydrogen-bond donors (Lipinski definition) is 1. The van der Waals surface area contributed by atoms with E-state index in [1.54, 1.807) is 18.1 Å². The van der Waals surface area contributed by atoms with E-state index in [-0.39, 0.29) is 36.9 Å². The molecule has 2 amide bonds. The Labute approximate surface area is 252 Å². The number of hydrogen-bond acceptors (Lipinski definition) is 7. The zero-order valence-corrected chi connectivity index (χ0v) is 25.4. The molecular weight excluding hydrogens is 548 g/mol. The zero-order chi connectivity index (χ0) is 31.0. The van der Waals surface area contributed by atoms with Crippen LogP contribution in [0.2, 0.25) is 0 Å². The first-order valence-corrected chi connectivity index (χ1v) is 14.5. The van der Waals surface area contributed by atoms with Crippen LogP contribution in [-0.4, -0.2) is 56.5 Å². The molecule has 0 radical (unpaired) electrons. The van der Waals surface area contributed by atoms with Gasteiger partial charge in [0.25, 0.3) is 0 Å². The highest BCUT2D eigenvalue weighted by atomic mass is 16.6. The molecule has 2 aliphatic carbocycles. The molecule has 1 N–H and O–H groups in total. The van der Waals surface area contributed by atoms with Crippen molar-refractivity contribution in [3.63, 3.8) is 0 Å². The maximum atomic E-state index is 13.2. The maximum absolute atomic E-state index is 13.2. The smallest absolute Gasteiger partial charge is 0.411 e. The molecule has 4 bridgehead atoms. The third-order valence-electron chi connectivity index (χ3n) is 9.20. The number of para-hydroxylation sites is 1. The number of carbonyl (C=O) groups is 3. The first kappa shape index (κ1) is 30.4. The van der Waals surface area contributed by atoms with Gasteiger partial charge in [0.05, 0.1) is 24.8 Å². The molecule has 1 aliphatic heterocycles. The molecule has 6 atom stereocenters. The van der Waals surface area contributed by atoms with Crippen molar-refractivity contribution in [2.45, 2.75) is 39.0 Å². The molecule has 9 heteroatoms. The molecule has 1 saturated heterocycles. The van der Waals surface area contributed by atoms with E-state index < -0.39 is 34.7 Å². The van der Waals surface area contributed by atoms with Crippen LogP contribution in [0.3, 0.4) is 0 Å². The van der Waals surface area contributed by atoms with Crippen molar-refractivity contribution < 1.29 is 33.3 Å². The Kier molecular flexibility index (Phi) is 8.13. The average Bonchev–Trinajstić information content (AvgIpc) is 3.44. The fourth-order valence-electron chi connectivity index (χ4n) is 7.31. The molecule has 0 aromatic heterocycles. The Bertz CT molecular complexity index is 1420. The van der Waals surface area contributed by atoms with Crippen molar-refractivity contribution in [2.24, 2.45) is 28.6 Å². The van der Waals surface area contributed by atoms with Gasteiger partial charge in [-0.3, -0.25) is 10.1 Å². The first-order chi connectivity index (χ1) is 20.5. The number of anilines is 1. The van der Waals surface area contributed by atoms with Crippen molar-refractivity contribution in [1.82, 2.24) is 4.90 Å². The number of nitrogens with one attached hydrogen (secondary N) is 1. The minimum atomic E-state index is -1.07. The summed E-state index contributed by atoms with van der Waals surface area (Å²) in [6, 6.07) is 16.5. The molecule has 0 spiro atoms. The molecule has 2 aromatic carbocycles. The van der Waals surface area contributed by atoms with Crippen LogP contribution in [0.4, 0.5) is 15.3 Å². The van der Waals surface area contributed by atoms with E-state index in [9.17, 15) is 14.4 Å². The lowest BCUT2D eigenvalue weighted by Crippen LogP contribution is -2.49. The van der Waals surface area contributed by atoms with E-state index >= 15 is 0 Å². The number of esters is 1. The molecule has 2 aromatic rings. The molecule has 43 heavy (non-hydrogen) atoms. The molecular formula is C34H40N2O7. The number of nitrogens with zero attached hydrogens (tertiary/aromatic N) is 1. The predicted octanol–water partition coefficient (Wildman–Crippen LogP) is 5.92. The van der Waals surface area contributed by atoms with Gasteiger partial charge in [-0.05, 0) is 38.3 Å². The van der Waals surface area contributed by atoms with Crippen molar-refractivity contribution in [2.75, 3.05) is 32.7 Å². The average molecular weight is 589 g/mol. The van der Waals surface area contributed by atoms with Crippen LogP contribution in [0.1, 0.15) is 31.9 Å². The SMILES string of the molecule is C=C[C@]12CN(C(=O)OC)[C@@H]3[C@@H](COC(=O)C(C)(C)C)[C@H]1C=C[C@](OC)(c1ccccc1NC(=O)OCc1ccccc1)[C@@H]32. The third kappa shape index (κ3) is 5.09. The maximum Gasteiger partial charge on any atom is 0.411 e. The predicted molar refractivity (Wildman–Crippen MR) is 161 cm³/mol. The van der Waals surface area contributed by atoms with Crippen LogP contribution >= 0.6 is 0 Å². The number of ether oxygens (including phenoxy) is 4. The van der Waals surface area contributed by atoms with E-state index in [0.29, 0.717) is 17.8 Å². The fraction of sp³-hybridized carbons (Fsp3) is 0.441. The highest BCUT2D eigenvalue weighted by Gasteiger charge is 2.73. The summed E-state index contributed by atoms with van der Waals surface area (Å²) in [7, 11) is 2.98. The summed E-state index contributed by atoms with van der Waals surface area (Å²) in [5.41, 5.74) is -0.234. The largest absolute Gasteiger partial charge is 0.465 e.